The van der Waals surface area contributed by atoms with Gasteiger partial charge < -0.3 is 11.1 Å². The summed E-state index contributed by atoms with van der Waals surface area (Å²) in [6, 6.07) is 5.18. The maximum absolute atomic E-state index is 11.7. The van der Waals surface area contributed by atoms with E-state index < -0.39 is 0 Å². The summed E-state index contributed by atoms with van der Waals surface area (Å²) in [6.07, 6.45) is 3.21. The number of nitrogens with two attached hydrogens (primary N) is 1. The molecule has 17 heavy (non-hydrogen) atoms. The molecule has 6 nitrogen and oxygen atoms in total. The number of aromatic nitrogens is 3. The van der Waals surface area contributed by atoms with Crippen molar-refractivity contribution in [1.29, 1.82) is 0 Å². The number of hydrogen-bond acceptors (Lipinski definition) is 4. The van der Waals surface area contributed by atoms with Crippen molar-refractivity contribution in [2.75, 3.05) is 5.73 Å². The van der Waals surface area contributed by atoms with Crippen LogP contribution in [0.25, 0.3) is 0 Å². The van der Waals surface area contributed by atoms with Gasteiger partial charge in [-0.05, 0) is 12.1 Å². The highest BCUT2D eigenvalue weighted by atomic mass is 16.1. The van der Waals surface area contributed by atoms with Gasteiger partial charge in [0.1, 0.15) is 11.5 Å². The van der Waals surface area contributed by atoms with Gasteiger partial charge in [0.25, 0.3) is 5.91 Å². The van der Waals surface area contributed by atoms with Gasteiger partial charge in [0.15, 0.2) is 0 Å². The lowest BCUT2D eigenvalue weighted by Crippen LogP contribution is -2.24. The molecule has 3 N–H and O–H groups in total. The number of rotatable bonds is 3. The molecule has 0 aliphatic rings. The summed E-state index contributed by atoms with van der Waals surface area (Å²) in [7, 11) is 1.75. The highest BCUT2D eigenvalue weighted by molar-refractivity contribution is 5.92. The molecule has 0 unspecified atom stereocenters. The highest BCUT2D eigenvalue weighted by Gasteiger charge is 2.08. The minimum atomic E-state index is -0.228. The average Bonchev–Trinajstić information content (AvgIpc) is 2.68. The van der Waals surface area contributed by atoms with Gasteiger partial charge in [-0.25, -0.2) is 0 Å². The van der Waals surface area contributed by atoms with Crippen molar-refractivity contribution in [1.82, 2.24) is 20.1 Å². The molecule has 6 heteroatoms. The van der Waals surface area contributed by atoms with E-state index in [-0.39, 0.29) is 5.91 Å². The largest absolute Gasteiger partial charge is 0.384 e. The molecule has 2 rings (SSSR count). The fourth-order valence-electron chi connectivity index (χ4n) is 1.39. The molecule has 0 radical (unpaired) electrons. The molecule has 2 aromatic heterocycles. The molecule has 0 aromatic carbocycles. The van der Waals surface area contributed by atoms with Crippen LogP contribution in [0.4, 0.5) is 5.82 Å². The normalized spacial score (nSPS) is 10.2. The van der Waals surface area contributed by atoms with Crippen LogP contribution < -0.4 is 11.1 Å². The lowest BCUT2D eigenvalue weighted by molar-refractivity contribution is 0.0946. The van der Waals surface area contributed by atoms with Crippen molar-refractivity contribution in [3.05, 3.63) is 41.9 Å². The summed E-state index contributed by atoms with van der Waals surface area (Å²) in [4.78, 5) is 15.6. The SMILES string of the molecule is Cn1ncc(CNC(=O)c2ccccn2)c1N. The fourth-order valence-corrected chi connectivity index (χ4v) is 1.39. The number of pyridine rings is 1. The maximum Gasteiger partial charge on any atom is 0.270 e. The Morgan fingerprint density at radius 3 is 2.94 bits per heavy atom. The molecule has 0 atom stereocenters. The minimum Gasteiger partial charge on any atom is -0.384 e. The van der Waals surface area contributed by atoms with E-state index in [9.17, 15) is 4.79 Å². The first-order valence-corrected chi connectivity index (χ1v) is 5.14. The second-order valence-electron chi connectivity index (χ2n) is 3.58. The van der Waals surface area contributed by atoms with Crippen molar-refractivity contribution in [2.45, 2.75) is 6.54 Å². The van der Waals surface area contributed by atoms with Crippen molar-refractivity contribution >= 4 is 11.7 Å². The van der Waals surface area contributed by atoms with Gasteiger partial charge in [0.05, 0.1) is 6.20 Å². The van der Waals surface area contributed by atoms with Gasteiger partial charge in [-0.2, -0.15) is 5.10 Å². The van der Waals surface area contributed by atoms with E-state index in [0.29, 0.717) is 18.1 Å². The summed E-state index contributed by atoms with van der Waals surface area (Å²) in [5.74, 6) is 0.320. The Bertz CT molecular complexity index is 520. The molecule has 0 aliphatic heterocycles. The zero-order valence-electron chi connectivity index (χ0n) is 9.42. The van der Waals surface area contributed by atoms with E-state index in [0.717, 1.165) is 5.56 Å². The van der Waals surface area contributed by atoms with E-state index in [2.05, 4.69) is 15.4 Å². The number of nitrogen functional groups attached to an aromatic ring is 1. The number of aryl methyl sites for hydroxylation is 1. The van der Waals surface area contributed by atoms with E-state index in [4.69, 9.17) is 5.73 Å². The molecule has 0 saturated carbocycles. The predicted molar refractivity (Wildman–Crippen MR) is 63.0 cm³/mol. The second-order valence-corrected chi connectivity index (χ2v) is 3.58. The Balaban J connectivity index is 2.00. The van der Waals surface area contributed by atoms with Crippen LogP contribution in [0.2, 0.25) is 0 Å². The van der Waals surface area contributed by atoms with Crippen molar-refractivity contribution in [3.63, 3.8) is 0 Å². The number of carbonyl (C=O) groups excluding carboxylic acids is 1. The minimum absolute atomic E-state index is 0.228. The fraction of sp³-hybridized carbons (Fsp3) is 0.182. The molecule has 2 heterocycles. The van der Waals surface area contributed by atoms with Crippen LogP contribution >= 0.6 is 0 Å². The molecule has 2 aromatic rings. The molecule has 1 amide bonds. The Kier molecular flexibility index (Phi) is 3.04. The van der Waals surface area contributed by atoms with Crippen LogP contribution in [0.15, 0.2) is 30.6 Å². The predicted octanol–water partition coefficient (Wildman–Crippen LogP) is 0.327. The summed E-state index contributed by atoms with van der Waals surface area (Å²) in [6.45, 7) is 0.342. The Labute approximate surface area is 98.5 Å². The molecule has 0 aliphatic carbocycles. The Hall–Kier alpha value is -2.37. The number of nitrogens with zero attached hydrogens (tertiary/aromatic N) is 3. The van der Waals surface area contributed by atoms with E-state index in [1.165, 1.54) is 0 Å². The van der Waals surface area contributed by atoms with Crippen LogP contribution in [-0.2, 0) is 13.6 Å². The van der Waals surface area contributed by atoms with E-state index in [1.807, 2.05) is 0 Å². The summed E-state index contributed by atoms with van der Waals surface area (Å²) in [5.41, 5.74) is 6.93. The average molecular weight is 231 g/mol. The molecule has 0 bridgehead atoms. The van der Waals surface area contributed by atoms with Gasteiger partial charge >= 0.3 is 0 Å². The second kappa shape index (κ2) is 4.65. The lowest BCUT2D eigenvalue weighted by Gasteiger charge is -2.03. The molecule has 0 saturated heterocycles. The summed E-state index contributed by atoms with van der Waals surface area (Å²) >= 11 is 0. The van der Waals surface area contributed by atoms with E-state index >= 15 is 0 Å². The van der Waals surface area contributed by atoms with Gasteiger partial charge in [-0.15, -0.1) is 0 Å². The maximum atomic E-state index is 11.7. The standard InChI is InChI=1S/C11H13N5O/c1-16-10(12)8(7-15-16)6-14-11(17)9-4-2-3-5-13-9/h2-5,7H,6,12H2,1H3,(H,14,17). The Morgan fingerprint density at radius 2 is 2.35 bits per heavy atom. The lowest BCUT2D eigenvalue weighted by atomic mass is 10.3. The smallest absolute Gasteiger partial charge is 0.270 e. The number of amides is 1. The quantitative estimate of drug-likeness (QED) is 0.797. The molecule has 88 valence electrons. The third-order valence-corrected chi connectivity index (χ3v) is 2.40. The first kappa shape index (κ1) is 11.1. The topological polar surface area (TPSA) is 85.8 Å². The van der Waals surface area contributed by atoms with Crippen molar-refractivity contribution < 1.29 is 4.79 Å². The zero-order chi connectivity index (χ0) is 12.3. The Morgan fingerprint density at radius 1 is 1.53 bits per heavy atom. The number of hydrogen-bond donors (Lipinski definition) is 2. The monoisotopic (exact) mass is 231 g/mol. The third-order valence-electron chi connectivity index (χ3n) is 2.40. The third kappa shape index (κ3) is 2.41. The van der Waals surface area contributed by atoms with Crippen molar-refractivity contribution in [2.24, 2.45) is 7.05 Å². The molecular formula is C11H13N5O. The molecule has 0 spiro atoms. The highest BCUT2D eigenvalue weighted by Crippen LogP contribution is 2.08. The molecular weight excluding hydrogens is 218 g/mol. The van der Waals surface area contributed by atoms with Gasteiger partial charge in [-0.3, -0.25) is 14.5 Å². The van der Waals surface area contributed by atoms with Gasteiger partial charge in [0, 0.05) is 25.4 Å². The number of carbonyl (C=O) groups is 1. The number of anilines is 1. The molecule has 0 fully saturated rings. The van der Waals surface area contributed by atoms with Crippen molar-refractivity contribution in [3.8, 4) is 0 Å². The van der Waals surface area contributed by atoms with Crippen LogP contribution in [0.5, 0.6) is 0 Å². The van der Waals surface area contributed by atoms with Gasteiger partial charge in [-0.1, -0.05) is 6.07 Å². The number of nitrogens with one attached hydrogen (secondary N) is 1. The zero-order valence-corrected chi connectivity index (χ0v) is 9.42. The van der Waals surface area contributed by atoms with Crippen LogP contribution in [0.1, 0.15) is 16.1 Å². The van der Waals surface area contributed by atoms with Crippen LogP contribution in [-0.4, -0.2) is 20.7 Å². The van der Waals surface area contributed by atoms with Crippen LogP contribution in [0, 0.1) is 0 Å². The van der Waals surface area contributed by atoms with Crippen LogP contribution in [0.3, 0.4) is 0 Å². The summed E-state index contributed by atoms with van der Waals surface area (Å²) < 4.78 is 1.56. The summed E-state index contributed by atoms with van der Waals surface area (Å²) in [5, 5.41) is 6.73. The first-order valence-electron chi connectivity index (χ1n) is 5.14. The van der Waals surface area contributed by atoms with E-state index in [1.54, 1.807) is 42.3 Å². The first-order chi connectivity index (χ1) is 8.18. The van der Waals surface area contributed by atoms with Gasteiger partial charge in [0.2, 0.25) is 0 Å².